The third-order valence-electron chi connectivity index (χ3n) is 6.48. The zero-order valence-corrected chi connectivity index (χ0v) is 25.8. The molecule has 0 radical (unpaired) electrons. The maximum Gasteiger partial charge on any atom is 0.343 e. The average Bonchev–Trinajstić information content (AvgIpc) is 2.71. The van der Waals surface area contributed by atoms with Gasteiger partial charge >= 0.3 is 5.97 Å². The molecule has 35 heavy (non-hydrogen) atoms. The van der Waals surface area contributed by atoms with Crippen molar-refractivity contribution in [1.82, 2.24) is 5.32 Å². The molecular weight excluding hydrogens is 550 g/mol. The van der Waals surface area contributed by atoms with E-state index >= 15 is 0 Å². The van der Waals surface area contributed by atoms with Crippen LogP contribution in [0.1, 0.15) is 71.7 Å². The fourth-order valence-corrected chi connectivity index (χ4v) is 4.76. The monoisotopic (exact) mass is 589 g/mol. The molecule has 0 heterocycles. The van der Waals surface area contributed by atoms with Crippen molar-refractivity contribution in [3.8, 4) is 5.75 Å². The molecule has 0 amide bonds. The lowest BCUT2D eigenvalue weighted by Gasteiger charge is -2.38. The van der Waals surface area contributed by atoms with E-state index in [0.717, 1.165) is 12.8 Å². The number of halogens is 2. The van der Waals surface area contributed by atoms with Gasteiger partial charge in [0.15, 0.2) is 8.32 Å². The Hall–Kier alpha value is -1.35. The largest absolute Gasteiger partial charge is 0.492 e. The molecule has 0 saturated carbocycles. The summed E-state index contributed by atoms with van der Waals surface area (Å²) in [5, 5.41) is 3.26. The highest BCUT2D eigenvalue weighted by Gasteiger charge is 2.39. The minimum Gasteiger partial charge on any atom is -0.492 e. The van der Waals surface area contributed by atoms with Crippen LogP contribution in [-0.4, -0.2) is 44.1 Å². The van der Waals surface area contributed by atoms with E-state index in [1.54, 1.807) is 19.1 Å². The normalized spacial score (nSPS) is 13.9. The van der Waals surface area contributed by atoms with Gasteiger partial charge in [0.1, 0.15) is 11.3 Å². The molecule has 1 atom stereocenters. The van der Waals surface area contributed by atoms with Gasteiger partial charge in [-0.25, -0.2) is 4.79 Å². The number of ketones is 1. The van der Waals surface area contributed by atoms with Gasteiger partial charge in [0.2, 0.25) is 5.78 Å². The molecule has 0 spiro atoms. The molecule has 198 valence electrons. The Morgan fingerprint density at radius 2 is 1.77 bits per heavy atom. The second kappa shape index (κ2) is 12.7. The maximum absolute atomic E-state index is 13.5. The summed E-state index contributed by atoms with van der Waals surface area (Å²) in [5.41, 5.74) is -0.168. The van der Waals surface area contributed by atoms with Gasteiger partial charge in [-0.3, -0.25) is 4.79 Å². The topological polar surface area (TPSA) is 84.9 Å². The number of ether oxygens (including phenoxy) is 2. The Kier molecular flexibility index (Phi) is 11.5. The number of Topliss-reactive ketones (excluding diaryl/α,β-unsaturated/α-hetero) is 1. The Labute approximate surface area is 225 Å². The number of esters is 1. The lowest BCUT2D eigenvalue weighted by molar-refractivity contribution is -0.138. The lowest BCUT2D eigenvalue weighted by Crippen LogP contribution is -2.43. The van der Waals surface area contributed by atoms with E-state index in [1.165, 1.54) is 6.20 Å². The number of hydrogen-bond acceptors (Lipinski definition) is 6. The van der Waals surface area contributed by atoms with Crippen LogP contribution >= 0.6 is 27.5 Å². The molecule has 0 bridgehead atoms. The summed E-state index contributed by atoms with van der Waals surface area (Å²) in [6.07, 6.45) is 2.99. The van der Waals surface area contributed by atoms with Crippen molar-refractivity contribution in [2.45, 2.75) is 85.5 Å². The Morgan fingerprint density at radius 3 is 2.26 bits per heavy atom. The predicted molar refractivity (Wildman–Crippen MR) is 149 cm³/mol. The smallest absolute Gasteiger partial charge is 0.343 e. The van der Waals surface area contributed by atoms with Crippen LogP contribution in [0.3, 0.4) is 0 Å². The molecule has 1 rings (SSSR count). The minimum absolute atomic E-state index is 0.0627. The van der Waals surface area contributed by atoms with Crippen LogP contribution in [0.2, 0.25) is 23.2 Å². The molecule has 6 nitrogen and oxygen atoms in total. The van der Waals surface area contributed by atoms with Crippen molar-refractivity contribution in [2.75, 3.05) is 13.2 Å². The minimum atomic E-state index is -2.37. The van der Waals surface area contributed by atoms with Gasteiger partial charge in [-0.1, -0.05) is 62.1 Å². The van der Waals surface area contributed by atoms with Crippen LogP contribution in [-0.2, 0) is 9.53 Å². The Balaban J connectivity index is 3.39. The van der Waals surface area contributed by atoms with Crippen molar-refractivity contribution < 1.29 is 23.9 Å². The molecule has 0 aliphatic heterocycles. The molecule has 0 saturated heterocycles. The van der Waals surface area contributed by atoms with Crippen LogP contribution in [0.5, 0.6) is 5.75 Å². The summed E-state index contributed by atoms with van der Waals surface area (Å²) in [5.74, 6) is -0.926. The van der Waals surface area contributed by atoms with Crippen LogP contribution in [0.15, 0.2) is 28.4 Å². The summed E-state index contributed by atoms with van der Waals surface area (Å²) >= 11 is 9.86. The zero-order chi connectivity index (χ0) is 27.2. The highest BCUT2D eigenvalue weighted by molar-refractivity contribution is 9.10. The van der Waals surface area contributed by atoms with E-state index in [2.05, 4.69) is 55.9 Å². The molecule has 0 aliphatic carbocycles. The van der Waals surface area contributed by atoms with Crippen LogP contribution < -0.4 is 10.1 Å². The molecule has 2 N–H and O–H groups in total. The first-order valence-corrected chi connectivity index (χ1v) is 16.1. The third kappa shape index (κ3) is 8.92. The zero-order valence-electron chi connectivity index (χ0n) is 22.5. The summed E-state index contributed by atoms with van der Waals surface area (Å²) < 4.78 is 11.3. The first-order chi connectivity index (χ1) is 16.0. The summed E-state index contributed by atoms with van der Waals surface area (Å²) in [6, 6.07) is 3.18. The molecule has 1 aromatic carbocycles. The Morgan fingerprint density at radius 1 is 1.17 bits per heavy atom. The van der Waals surface area contributed by atoms with Gasteiger partial charge in [-0.15, -0.1) is 0 Å². The van der Waals surface area contributed by atoms with Crippen LogP contribution in [0.4, 0.5) is 0 Å². The standard InChI is InChI=1S/C26H41BrClNO5Si/c1-10-33-20-15-17(27)14-18(22(20)28)23(30)19(24(31)34-11-2)16-29-21(25(3,4)5)12-13-26(6,7)35(8,9)32/h14-16,21,29,32H,10-13H2,1-9H3/b19-16-. The molecule has 0 fully saturated rings. The average molecular weight is 591 g/mol. The fourth-order valence-electron chi connectivity index (χ4n) is 3.32. The van der Waals surface area contributed by atoms with Gasteiger partial charge in [-0.05, 0) is 62.4 Å². The van der Waals surface area contributed by atoms with Crippen molar-refractivity contribution in [3.63, 3.8) is 0 Å². The molecule has 1 unspecified atom stereocenters. The van der Waals surface area contributed by atoms with Crippen LogP contribution in [0.25, 0.3) is 0 Å². The lowest BCUT2D eigenvalue weighted by atomic mass is 9.82. The number of rotatable bonds is 12. The molecule has 0 aliphatic rings. The summed E-state index contributed by atoms with van der Waals surface area (Å²) in [4.78, 5) is 37.0. The summed E-state index contributed by atoms with van der Waals surface area (Å²) in [6.45, 7) is 18.4. The number of benzene rings is 1. The van der Waals surface area contributed by atoms with Crippen molar-refractivity contribution in [3.05, 3.63) is 39.0 Å². The third-order valence-corrected chi connectivity index (χ3v) is 10.9. The second-order valence-corrected chi connectivity index (χ2v) is 16.6. The van der Waals surface area contributed by atoms with Crippen molar-refractivity contribution in [1.29, 1.82) is 0 Å². The first kappa shape index (κ1) is 31.7. The summed E-state index contributed by atoms with van der Waals surface area (Å²) in [7, 11) is -2.37. The predicted octanol–water partition coefficient (Wildman–Crippen LogP) is 6.89. The van der Waals surface area contributed by atoms with E-state index < -0.39 is 20.1 Å². The molecule has 1 aromatic rings. The van der Waals surface area contributed by atoms with Gasteiger partial charge in [0, 0.05) is 22.3 Å². The number of nitrogens with one attached hydrogen (secondary N) is 1. The Bertz CT molecular complexity index is 935. The first-order valence-electron chi connectivity index (χ1n) is 12.0. The van der Waals surface area contributed by atoms with E-state index in [4.69, 9.17) is 21.1 Å². The number of hydrogen-bond donors (Lipinski definition) is 2. The van der Waals surface area contributed by atoms with E-state index in [-0.39, 0.29) is 39.3 Å². The molecule has 9 heteroatoms. The quantitative estimate of drug-likeness (QED) is 0.0688. The highest BCUT2D eigenvalue weighted by atomic mass is 79.9. The van der Waals surface area contributed by atoms with Gasteiger partial charge in [0.25, 0.3) is 0 Å². The van der Waals surface area contributed by atoms with Crippen molar-refractivity contribution in [2.24, 2.45) is 5.41 Å². The number of carbonyl (C=O) groups excluding carboxylic acids is 2. The second-order valence-electron chi connectivity index (χ2n) is 10.9. The van der Waals surface area contributed by atoms with Gasteiger partial charge in [-0.2, -0.15) is 0 Å². The van der Waals surface area contributed by atoms with Crippen LogP contribution in [0, 0.1) is 5.41 Å². The molecular formula is C26H41BrClNO5Si. The van der Waals surface area contributed by atoms with E-state index in [0.29, 0.717) is 16.8 Å². The highest BCUT2D eigenvalue weighted by Crippen LogP contribution is 2.41. The van der Waals surface area contributed by atoms with Crippen molar-refractivity contribution >= 4 is 47.6 Å². The van der Waals surface area contributed by atoms with E-state index in [1.807, 2.05) is 20.0 Å². The van der Waals surface area contributed by atoms with Gasteiger partial charge in [0.05, 0.1) is 18.2 Å². The van der Waals surface area contributed by atoms with E-state index in [9.17, 15) is 14.4 Å². The SMILES string of the molecule is CCOC(=O)/C(=C\NC(CCC(C)(C)[Si](C)(C)O)C(C)(C)C)C(=O)c1cc(Br)cc(OCC)c1Cl. The molecule has 0 aromatic heterocycles. The maximum atomic E-state index is 13.5. The number of carbonyl (C=O) groups is 2. The van der Waals surface area contributed by atoms with Gasteiger partial charge < -0.3 is 19.6 Å². The fraction of sp³-hybridized carbons (Fsp3) is 0.615.